The molecule has 1 aliphatic heterocycles. The van der Waals surface area contributed by atoms with E-state index in [0.29, 0.717) is 6.42 Å². The lowest BCUT2D eigenvalue weighted by atomic mass is 9.94. The Balaban J connectivity index is 2.37. The molecule has 1 aromatic carbocycles. The van der Waals surface area contributed by atoms with Gasteiger partial charge in [0.1, 0.15) is 0 Å². The van der Waals surface area contributed by atoms with E-state index in [4.69, 9.17) is 16.3 Å². The second kappa shape index (κ2) is 5.06. The Bertz CT molecular complexity index is 540. The summed E-state index contributed by atoms with van der Waals surface area (Å²) in [6, 6.07) is 3.53. The topological polar surface area (TPSA) is 21.3 Å². The predicted octanol–water partition coefficient (Wildman–Crippen LogP) is 5.12. The average Bonchev–Trinajstić information content (AvgIpc) is 2.47. The molecule has 0 bridgehead atoms. The Morgan fingerprint density at radius 3 is 2.33 bits per heavy atom. The van der Waals surface area contributed by atoms with Crippen LogP contribution in [-0.2, 0) is 10.9 Å². The van der Waals surface area contributed by atoms with Crippen molar-refractivity contribution in [2.24, 2.45) is 0 Å². The van der Waals surface area contributed by atoms with Gasteiger partial charge in [-0.15, -0.1) is 0 Å². The molecule has 1 fully saturated rings. The third-order valence-electron chi connectivity index (χ3n) is 3.71. The van der Waals surface area contributed by atoms with Crippen LogP contribution in [0.4, 0.5) is 18.9 Å². The van der Waals surface area contributed by atoms with Crippen LogP contribution >= 0.6 is 11.6 Å². The number of halogens is 4. The van der Waals surface area contributed by atoms with Gasteiger partial charge in [0.15, 0.2) is 0 Å². The molecule has 2 rings (SSSR count). The third-order valence-corrected chi connectivity index (χ3v) is 4.03. The first-order chi connectivity index (χ1) is 9.42. The lowest BCUT2D eigenvalue weighted by Crippen LogP contribution is -2.38. The lowest BCUT2D eigenvalue weighted by Gasteiger charge is -2.29. The highest BCUT2D eigenvalue weighted by Crippen LogP contribution is 2.43. The summed E-state index contributed by atoms with van der Waals surface area (Å²) in [6.07, 6.45) is -3.85. The van der Waals surface area contributed by atoms with E-state index in [1.165, 1.54) is 12.1 Å². The highest BCUT2D eigenvalue weighted by atomic mass is 35.5. The molecule has 1 aliphatic rings. The molecule has 0 aromatic heterocycles. The normalized spacial score (nSPS) is 24.1. The number of ether oxygens (including phenoxy) is 1. The van der Waals surface area contributed by atoms with Gasteiger partial charge in [-0.05, 0) is 46.2 Å². The Kier molecular flexibility index (Phi) is 3.96. The highest BCUT2D eigenvalue weighted by molar-refractivity contribution is 6.33. The molecule has 1 aromatic rings. The van der Waals surface area contributed by atoms with E-state index in [9.17, 15) is 13.2 Å². The Hall–Kier alpha value is -0.940. The van der Waals surface area contributed by atoms with Crippen LogP contribution in [0.15, 0.2) is 18.2 Å². The van der Waals surface area contributed by atoms with Crippen molar-refractivity contribution in [2.75, 3.05) is 5.32 Å². The van der Waals surface area contributed by atoms with Crippen molar-refractivity contribution < 1.29 is 17.9 Å². The van der Waals surface area contributed by atoms with Gasteiger partial charge in [-0.25, -0.2) is 0 Å². The zero-order chi connectivity index (χ0) is 16.1. The second-order valence-electron chi connectivity index (χ2n) is 6.53. The van der Waals surface area contributed by atoms with Gasteiger partial charge in [0.2, 0.25) is 0 Å². The largest absolute Gasteiger partial charge is 0.418 e. The zero-order valence-electron chi connectivity index (χ0n) is 12.4. The fourth-order valence-electron chi connectivity index (χ4n) is 2.87. The molecule has 118 valence electrons. The number of hydrogen-bond donors (Lipinski definition) is 1. The fourth-order valence-corrected chi connectivity index (χ4v) is 3.10. The van der Waals surface area contributed by atoms with E-state index < -0.39 is 17.3 Å². The SMILES string of the molecule is CC1(C)CC(Nc2c(Cl)cccc2C(F)(F)F)C(C)(C)O1. The van der Waals surface area contributed by atoms with Gasteiger partial charge in [-0.1, -0.05) is 17.7 Å². The van der Waals surface area contributed by atoms with Crippen molar-refractivity contribution in [1.29, 1.82) is 0 Å². The minimum atomic E-state index is -4.45. The summed E-state index contributed by atoms with van der Waals surface area (Å²) >= 11 is 5.97. The smallest absolute Gasteiger partial charge is 0.378 e. The summed E-state index contributed by atoms with van der Waals surface area (Å²) in [6.45, 7) is 7.58. The summed E-state index contributed by atoms with van der Waals surface area (Å²) in [7, 11) is 0. The van der Waals surface area contributed by atoms with Crippen LogP contribution in [0.2, 0.25) is 5.02 Å². The molecule has 2 nitrogen and oxygen atoms in total. The van der Waals surface area contributed by atoms with Crippen molar-refractivity contribution >= 4 is 17.3 Å². The van der Waals surface area contributed by atoms with E-state index in [1.807, 2.05) is 27.7 Å². The summed E-state index contributed by atoms with van der Waals surface area (Å²) in [5.74, 6) is 0. The van der Waals surface area contributed by atoms with Crippen molar-refractivity contribution in [3.63, 3.8) is 0 Å². The number of nitrogens with one attached hydrogen (secondary N) is 1. The molecule has 0 aliphatic carbocycles. The lowest BCUT2D eigenvalue weighted by molar-refractivity contribution is -0.137. The van der Waals surface area contributed by atoms with Crippen LogP contribution in [0.3, 0.4) is 0 Å². The van der Waals surface area contributed by atoms with Gasteiger partial charge in [-0.3, -0.25) is 0 Å². The molecule has 0 spiro atoms. The van der Waals surface area contributed by atoms with Crippen LogP contribution in [0.5, 0.6) is 0 Å². The molecular weight excluding hydrogens is 303 g/mol. The standard InChI is InChI=1S/C15H19ClF3NO/c1-13(2)8-11(14(3,4)21-13)20-12-9(15(17,18)19)6-5-7-10(12)16/h5-7,11,20H,8H2,1-4H3. The second-order valence-corrected chi connectivity index (χ2v) is 6.93. The summed E-state index contributed by atoms with van der Waals surface area (Å²) < 4.78 is 45.3. The maximum absolute atomic E-state index is 13.1. The van der Waals surface area contributed by atoms with E-state index in [1.54, 1.807) is 0 Å². The monoisotopic (exact) mass is 321 g/mol. The summed E-state index contributed by atoms with van der Waals surface area (Å²) in [4.78, 5) is 0. The Morgan fingerprint density at radius 2 is 1.86 bits per heavy atom. The number of hydrogen-bond acceptors (Lipinski definition) is 2. The fraction of sp³-hybridized carbons (Fsp3) is 0.600. The number of rotatable bonds is 2. The van der Waals surface area contributed by atoms with Crippen LogP contribution in [0.25, 0.3) is 0 Å². The molecule has 1 saturated heterocycles. The first-order valence-corrected chi connectivity index (χ1v) is 7.13. The summed E-state index contributed by atoms with van der Waals surface area (Å²) in [5, 5.41) is 3.01. The summed E-state index contributed by atoms with van der Waals surface area (Å²) in [5.41, 5.74) is -1.80. The quantitative estimate of drug-likeness (QED) is 0.816. The van der Waals surface area contributed by atoms with Crippen molar-refractivity contribution in [2.45, 2.75) is 57.5 Å². The number of benzene rings is 1. The van der Waals surface area contributed by atoms with Gasteiger partial charge in [-0.2, -0.15) is 13.2 Å². The van der Waals surface area contributed by atoms with Gasteiger partial charge in [0.25, 0.3) is 0 Å². The minimum Gasteiger partial charge on any atom is -0.378 e. The molecule has 1 N–H and O–H groups in total. The van der Waals surface area contributed by atoms with Gasteiger partial charge >= 0.3 is 6.18 Å². The van der Waals surface area contributed by atoms with Crippen LogP contribution < -0.4 is 5.32 Å². The molecule has 1 atom stereocenters. The zero-order valence-corrected chi connectivity index (χ0v) is 13.2. The first-order valence-electron chi connectivity index (χ1n) is 6.75. The average molecular weight is 322 g/mol. The van der Waals surface area contributed by atoms with Gasteiger partial charge in [0.05, 0.1) is 33.5 Å². The molecule has 6 heteroatoms. The van der Waals surface area contributed by atoms with E-state index in [0.717, 1.165) is 6.07 Å². The molecule has 1 heterocycles. The Morgan fingerprint density at radius 1 is 1.24 bits per heavy atom. The highest BCUT2D eigenvalue weighted by Gasteiger charge is 2.47. The number of anilines is 1. The molecular formula is C15H19ClF3NO. The molecule has 1 unspecified atom stereocenters. The number of para-hydroxylation sites is 1. The predicted molar refractivity (Wildman–Crippen MR) is 77.7 cm³/mol. The van der Waals surface area contributed by atoms with E-state index in [-0.39, 0.29) is 22.4 Å². The minimum absolute atomic E-state index is 0.0605. The maximum Gasteiger partial charge on any atom is 0.418 e. The molecule has 0 saturated carbocycles. The molecule has 0 amide bonds. The maximum atomic E-state index is 13.1. The molecule has 21 heavy (non-hydrogen) atoms. The van der Waals surface area contributed by atoms with Gasteiger partial charge < -0.3 is 10.1 Å². The van der Waals surface area contributed by atoms with Crippen LogP contribution in [-0.4, -0.2) is 17.2 Å². The van der Waals surface area contributed by atoms with Crippen molar-refractivity contribution in [3.05, 3.63) is 28.8 Å². The van der Waals surface area contributed by atoms with Crippen molar-refractivity contribution in [3.8, 4) is 0 Å². The van der Waals surface area contributed by atoms with E-state index in [2.05, 4.69) is 5.32 Å². The van der Waals surface area contributed by atoms with E-state index >= 15 is 0 Å². The first kappa shape index (κ1) is 16.4. The third kappa shape index (κ3) is 3.46. The molecule has 0 radical (unpaired) electrons. The number of alkyl halides is 3. The van der Waals surface area contributed by atoms with Crippen LogP contribution in [0, 0.1) is 0 Å². The Labute approximate surface area is 127 Å². The van der Waals surface area contributed by atoms with Gasteiger partial charge in [0, 0.05) is 0 Å². The van der Waals surface area contributed by atoms with Crippen molar-refractivity contribution in [1.82, 2.24) is 0 Å². The van der Waals surface area contributed by atoms with Crippen LogP contribution in [0.1, 0.15) is 39.7 Å².